The van der Waals surface area contributed by atoms with Gasteiger partial charge in [0.05, 0.1) is 19.3 Å². The number of amides is 1. The Balaban J connectivity index is 2.46. The summed E-state index contributed by atoms with van der Waals surface area (Å²) in [5, 5.41) is 3.12. The number of carbonyl (C=O) groups excluding carboxylic acids is 1. The Morgan fingerprint density at radius 2 is 2.09 bits per heavy atom. The Morgan fingerprint density at radius 3 is 2.73 bits per heavy atom. The average Bonchev–Trinajstić information content (AvgIpc) is 2.47. The first kappa shape index (κ1) is 15.8. The molecule has 1 amide bonds. The number of anilines is 2. The Hall–Kier alpha value is -2.60. The van der Waals surface area contributed by atoms with Crippen LogP contribution in [0.2, 0.25) is 0 Å². The fourth-order valence-electron chi connectivity index (χ4n) is 2.21. The minimum absolute atomic E-state index is 0.286. The molecule has 3 N–H and O–H groups in total. The standard InChI is InChI=1S/C16H19N3O3/c1-10-7-11(9-21-2)14(15(17)20)16(18-10)19-12-5-4-6-13(8-12)22-3/h4-8H,9H2,1-3H3,(H2,17,20)(H,18,19). The van der Waals surface area contributed by atoms with Gasteiger partial charge < -0.3 is 20.5 Å². The zero-order valence-electron chi connectivity index (χ0n) is 12.8. The van der Waals surface area contributed by atoms with Gasteiger partial charge in [-0.05, 0) is 30.7 Å². The lowest BCUT2D eigenvalue weighted by molar-refractivity contribution is 0.0996. The molecule has 0 saturated heterocycles. The van der Waals surface area contributed by atoms with Crippen LogP contribution >= 0.6 is 0 Å². The van der Waals surface area contributed by atoms with Crippen molar-refractivity contribution >= 4 is 17.4 Å². The maximum atomic E-state index is 11.8. The highest BCUT2D eigenvalue weighted by Crippen LogP contribution is 2.25. The second kappa shape index (κ2) is 6.91. The second-order valence-electron chi connectivity index (χ2n) is 4.80. The Bertz CT molecular complexity index is 686. The van der Waals surface area contributed by atoms with E-state index in [4.69, 9.17) is 15.2 Å². The van der Waals surface area contributed by atoms with E-state index in [0.29, 0.717) is 22.7 Å². The van der Waals surface area contributed by atoms with E-state index in [0.717, 1.165) is 11.4 Å². The normalized spacial score (nSPS) is 10.3. The summed E-state index contributed by atoms with van der Waals surface area (Å²) in [5.74, 6) is 0.563. The molecule has 22 heavy (non-hydrogen) atoms. The van der Waals surface area contributed by atoms with Gasteiger partial charge in [0.15, 0.2) is 0 Å². The third-order valence-electron chi connectivity index (χ3n) is 3.11. The van der Waals surface area contributed by atoms with Crippen molar-refractivity contribution in [1.82, 2.24) is 4.98 Å². The molecule has 0 bridgehead atoms. The van der Waals surface area contributed by atoms with E-state index in [1.807, 2.05) is 31.2 Å². The zero-order chi connectivity index (χ0) is 16.1. The van der Waals surface area contributed by atoms with Gasteiger partial charge in [-0.1, -0.05) is 6.07 Å². The third-order valence-corrected chi connectivity index (χ3v) is 3.11. The zero-order valence-corrected chi connectivity index (χ0v) is 12.8. The van der Waals surface area contributed by atoms with Gasteiger partial charge in [-0.2, -0.15) is 0 Å². The highest BCUT2D eigenvalue weighted by molar-refractivity contribution is 5.99. The molecule has 0 unspecified atom stereocenters. The quantitative estimate of drug-likeness (QED) is 0.855. The number of primary amides is 1. The summed E-state index contributed by atoms with van der Waals surface area (Å²) in [4.78, 5) is 16.2. The molecule has 116 valence electrons. The first-order chi connectivity index (χ1) is 10.5. The van der Waals surface area contributed by atoms with Gasteiger partial charge in [0, 0.05) is 24.6 Å². The van der Waals surface area contributed by atoms with Crippen molar-refractivity contribution < 1.29 is 14.3 Å². The molecule has 0 radical (unpaired) electrons. The van der Waals surface area contributed by atoms with Gasteiger partial charge in [0.1, 0.15) is 11.6 Å². The molecule has 2 aromatic rings. The van der Waals surface area contributed by atoms with Gasteiger partial charge in [-0.25, -0.2) is 4.98 Å². The van der Waals surface area contributed by atoms with E-state index in [1.54, 1.807) is 20.3 Å². The van der Waals surface area contributed by atoms with Crippen molar-refractivity contribution in [3.8, 4) is 5.75 Å². The van der Waals surface area contributed by atoms with E-state index in [9.17, 15) is 4.79 Å². The van der Waals surface area contributed by atoms with Crippen LogP contribution in [0, 0.1) is 6.92 Å². The number of nitrogens with two attached hydrogens (primary N) is 1. The lowest BCUT2D eigenvalue weighted by atomic mass is 10.1. The first-order valence-corrected chi connectivity index (χ1v) is 6.75. The monoisotopic (exact) mass is 301 g/mol. The van der Waals surface area contributed by atoms with Crippen LogP contribution in [0.1, 0.15) is 21.6 Å². The summed E-state index contributed by atoms with van der Waals surface area (Å²) in [6.07, 6.45) is 0. The van der Waals surface area contributed by atoms with Gasteiger partial charge in [0.25, 0.3) is 5.91 Å². The van der Waals surface area contributed by atoms with Crippen molar-refractivity contribution in [3.63, 3.8) is 0 Å². The van der Waals surface area contributed by atoms with Gasteiger partial charge in [-0.15, -0.1) is 0 Å². The molecule has 0 spiro atoms. The van der Waals surface area contributed by atoms with Crippen molar-refractivity contribution in [2.24, 2.45) is 5.73 Å². The number of rotatable bonds is 6. The van der Waals surface area contributed by atoms with Crippen molar-refractivity contribution in [2.45, 2.75) is 13.5 Å². The molecule has 0 fully saturated rings. The Kier molecular flexibility index (Phi) is 4.95. The summed E-state index contributed by atoms with van der Waals surface area (Å²) in [7, 11) is 3.16. The maximum Gasteiger partial charge on any atom is 0.252 e. The molecular formula is C16H19N3O3. The van der Waals surface area contributed by atoms with E-state index < -0.39 is 5.91 Å². The molecule has 0 saturated carbocycles. The lowest BCUT2D eigenvalue weighted by Gasteiger charge is -2.14. The smallest absolute Gasteiger partial charge is 0.252 e. The minimum Gasteiger partial charge on any atom is -0.497 e. The minimum atomic E-state index is -0.551. The van der Waals surface area contributed by atoms with Crippen LogP contribution < -0.4 is 15.8 Å². The summed E-state index contributed by atoms with van der Waals surface area (Å²) in [5.41, 5.74) is 8.06. The number of benzene rings is 1. The van der Waals surface area contributed by atoms with Crippen molar-refractivity contribution in [1.29, 1.82) is 0 Å². The van der Waals surface area contributed by atoms with Crippen LogP contribution in [0.3, 0.4) is 0 Å². The highest BCUT2D eigenvalue weighted by atomic mass is 16.5. The fourth-order valence-corrected chi connectivity index (χ4v) is 2.21. The number of aryl methyl sites for hydroxylation is 1. The van der Waals surface area contributed by atoms with Gasteiger partial charge in [-0.3, -0.25) is 4.79 Å². The van der Waals surface area contributed by atoms with E-state index in [-0.39, 0.29) is 6.61 Å². The van der Waals surface area contributed by atoms with E-state index in [1.165, 1.54) is 0 Å². The summed E-state index contributed by atoms with van der Waals surface area (Å²) >= 11 is 0. The lowest BCUT2D eigenvalue weighted by Crippen LogP contribution is -2.18. The predicted molar refractivity (Wildman–Crippen MR) is 84.5 cm³/mol. The molecule has 1 aromatic heterocycles. The number of methoxy groups -OCH3 is 2. The van der Waals surface area contributed by atoms with Gasteiger partial charge >= 0.3 is 0 Å². The SMILES string of the molecule is COCc1cc(C)nc(Nc2cccc(OC)c2)c1C(N)=O. The Morgan fingerprint density at radius 1 is 1.32 bits per heavy atom. The van der Waals surface area contributed by atoms with Crippen LogP contribution in [0.4, 0.5) is 11.5 Å². The molecule has 0 aliphatic carbocycles. The Labute approximate surface area is 129 Å². The molecule has 1 aromatic carbocycles. The first-order valence-electron chi connectivity index (χ1n) is 6.75. The third kappa shape index (κ3) is 3.53. The average molecular weight is 301 g/mol. The molecule has 6 heteroatoms. The second-order valence-corrected chi connectivity index (χ2v) is 4.80. The molecule has 0 atom stereocenters. The number of carbonyl (C=O) groups is 1. The summed E-state index contributed by atoms with van der Waals surface area (Å²) in [6.45, 7) is 2.13. The number of aromatic nitrogens is 1. The van der Waals surface area contributed by atoms with Crippen LogP contribution in [0.15, 0.2) is 30.3 Å². The highest BCUT2D eigenvalue weighted by Gasteiger charge is 2.17. The molecule has 0 aliphatic rings. The number of pyridine rings is 1. The van der Waals surface area contributed by atoms with Crippen molar-refractivity contribution in [3.05, 3.63) is 47.2 Å². The number of hydrogen-bond acceptors (Lipinski definition) is 5. The molecule has 6 nitrogen and oxygen atoms in total. The predicted octanol–water partition coefficient (Wildman–Crippen LogP) is 2.39. The molecule has 0 aliphatic heterocycles. The number of nitrogens with one attached hydrogen (secondary N) is 1. The van der Waals surface area contributed by atoms with Crippen LogP contribution in [-0.2, 0) is 11.3 Å². The van der Waals surface area contributed by atoms with Crippen LogP contribution in [0.5, 0.6) is 5.75 Å². The number of nitrogens with zero attached hydrogens (tertiary/aromatic N) is 1. The number of ether oxygens (including phenoxy) is 2. The van der Waals surface area contributed by atoms with E-state index in [2.05, 4.69) is 10.3 Å². The van der Waals surface area contributed by atoms with E-state index >= 15 is 0 Å². The van der Waals surface area contributed by atoms with Crippen LogP contribution in [-0.4, -0.2) is 25.1 Å². The molecule has 1 heterocycles. The maximum absolute atomic E-state index is 11.8. The summed E-state index contributed by atoms with van der Waals surface area (Å²) in [6, 6.07) is 9.13. The number of hydrogen-bond donors (Lipinski definition) is 2. The molecule has 2 rings (SSSR count). The van der Waals surface area contributed by atoms with Crippen molar-refractivity contribution in [2.75, 3.05) is 19.5 Å². The summed E-state index contributed by atoms with van der Waals surface area (Å²) < 4.78 is 10.3. The van der Waals surface area contributed by atoms with Crippen LogP contribution in [0.25, 0.3) is 0 Å². The largest absolute Gasteiger partial charge is 0.497 e. The fraction of sp³-hybridized carbons (Fsp3) is 0.250. The topological polar surface area (TPSA) is 86.5 Å². The van der Waals surface area contributed by atoms with Gasteiger partial charge in [0.2, 0.25) is 0 Å². The molecular weight excluding hydrogens is 282 g/mol.